The van der Waals surface area contributed by atoms with Crippen LogP contribution in [0, 0.1) is 10.8 Å². The molecule has 3 nitrogen and oxygen atoms in total. The van der Waals surface area contributed by atoms with Crippen molar-refractivity contribution in [2.75, 3.05) is 19.6 Å². The zero-order valence-corrected chi connectivity index (χ0v) is 15.5. The van der Waals surface area contributed by atoms with Crippen LogP contribution in [0.5, 0.6) is 0 Å². The van der Waals surface area contributed by atoms with Gasteiger partial charge in [-0.05, 0) is 43.2 Å². The highest BCUT2D eigenvalue weighted by Gasteiger charge is 2.39. The zero-order valence-electron chi connectivity index (χ0n) is 14.7. The molecule has 0 aliphatic carbocycles. The number of aryl methyl sites for hydroxylation is 1. The minimum Gasteiger partial charge on any atom is -0.342 e. The van der Waals surface area contributed by atoms with Gasteiger partial charge in [-0.25, -0.2) is 0 Å². The quantitative estimate of drug-likeness (QED) is 0.860. The normalized spacial score (nSPS) is 21.1. The minimum absolute atomic E-state index is 0. The summed E-state index contributed by atoms with van der Waals surface area (Å²) in [6.45, 7) is 8.67. The Hall–Kier alpha value is -1.06. The molecule has 0 aromatic heterocycles. The summed E-state index contributed by atoms with van der Waals surface area (Å²) in [7, 11) is 0. The fraction of sp³-hybridized carbons (Fsp3) is 0.632. The Bertz CT molecular complexity index is 503. The van der Waals surface area contributed by atoms with E-state index >= 15 is 0 Å². The highest BCUT2D eigenvalue weighted by atomic mass is 35.5. The van der Waals surface area contributed by atoms with Gasteiger partial charge in [0.05, 0.1) is 0 Å². The molecule has 0 bridgehead atoms. The standard InChI is InChI=1S/C19H30N2O.ClH/c1-18(2,11-7-10-16-8-5-4-6-9-16)17(22)21-13-12-19(3,14-20)15-21;/h4-6,8-9H,7,10-15,20H2,1-3H3;1H. The van der Waals surface area contributed by atoms with E-state index in [1.807, 2.05) is 11.0 Å². The van der Waals surface area contributed by atoms with Crippen LogP contribution in [0.2, 0.25) is 0 Å². The Morgan fingerprint density at radius 2 is 1.96 bits per heavy atom. The highest BCUT2D eigenvalue weighted by Crippen LogP contribution is 2.33. The van der Waals surface area contributed by atoms with E-state index in [2.05, 4.69) is 45.0 Å². The molecule has 1 heterocycles. The van der Waals surface area contributed by atoms with Gasteiger partial charge in [-0.15, -0.1) is 12.4 Å². The monoisotopic (exact) mass is 338 g/mol. The molecule has 0 radical (unpaired) electrons. The van der Waals surface area contributed by atoms with E-state index < -0.39 is 0 Å². The summed E-state index contributed by atoms with van der Waals surface area (Å²) in [5.74, 6) is 0.290. The maximum Gasteiger partial charge on any atom is 0.228 e. The molecule has 2 rings (SSSR count). The number of rotatable bonds is 6. The summed E-state index contributed by atoms with van der Waals surface area (Å²) in [6.07, 6.45) is 4.04. The maximum atomic E-state index is 12.8. The van der Waals surface area contributed by atoms with Gasteiger partial charge in [0.1, 0.15) is 0 Å². The van der Waals surface area contributed by atoms with Crippen LogP contribution >= 0.6 is 12.4 Å². The molecule has 1 aliphatic rings. The lowest BCUT2D eigenvalue weighted by molar-refractivity contribution is -0.140. The first-order valence-corrected chi connectivity index (χ1v) is 8.40. The van der Waals surface area contributed by atoms with Crippen LogP contribution in [0.3, 0.4) is 0 Å². The van der Waals surface area contributed by atoms with Crippen LogP contribution in [-0.4, -0.2) is 30.4 Å². The SMILES string of the molecule is CC1(CN)CCN(C(=O)C(C)(C)CCCc2ccccc2)C1.Cl. The number of hydrogen-bond acceptors (Lipinski definition) is 2. The van der Waals surface area contributed by atoms with Crippen LogP contribution in [0.15, 0.2) is 30.3 Å². The largest absolute Gasteiger partial charge is 0.342 e. The molecule has 1 amide bonds. The Labute approximate surface area is 147 Å². The molecule has 0 saturated carbocycles. The number of likely N-dealkylation sites (tertiary alicyclic amines) is 1. The van der Waals surface area contributed by atoms with E-state index in [0.29, 0.717) is 6.54 Å². The van der Waals surface area contributed by atoms with Crippen molar-refractivity contribution in [3.05, 3.63) is 35.9 Å². The van der Waals surface area contributed by atoms with Gasteiger partial charge in [0.25, 0.3) is 0 Å². The van der Waals surface area contributed by atoms with Crippen molar-refractivity contribution >= 4 is 18.3 Å². The second-order valence-electron chi connectivity index (χ2n) is 7.71. The van der Waals surface area contributed by atoms with E-state index in [9.17, 15) is 4.79 Å². The summed E-state index contributed by atoms with van der Waals surface area (Å²) < 4.78 is 0. The minimum atomic E-state index is -0.283. The molecular formula is C19H31ClN2O. The van der Waals surface area contributed by atoms with Crippen molar-refractivity contribution in [2.45, 2.75) is 46.5 Å². The molecule has 23 heavy (non-hydrogen) atoms. The molecule has 2 N–H and O–H groups in total. The Balaban J connectivity index is 0.00000264. The van der Waals surface area contributed by atoms with Crippen LogP contribution in [0.1, 0.15) is 45.6 Å². The van der Waals surface area contributed by atoms with Crippen LogP contribution in [-0.2, 0) is 11.2 Å². The molecule has 130 valence electrons. The van der Waals surface area contributed by atoms with E-state index in [0.717, 1.165) is 38.8 Å². The number of carbonyl (C=O) groups excluding carboxylic acids is 1. The number of hydrogen-bond donors (Lipinski definition) is 1. The van der Waals surface area contributed by atoms with E-state index in [1.165, 1.54) is 5.56 Å². The van der Waals surface area contributed by atoms with Crippen molar-refractivity contribution in [3.63, 3.8) is 0 Å². The lowest BCUT2D eigenvalue weighted by Gasteiger charge is -2.30. The summed E-state index contributed by atoms with van der Waals surface area (Å²) in [4.78, 5) is 14.8. The van der Waals surface area contributed by atoms with Crippen LogP contribution in [0.25, 0.3) is 0 Å². The molecule has 1 atom stereocenters. The lowest BCUT2D eigenvalue weighted by atomic mass is 9.84. The smallest absolute Gasteiger partial charge is 0.228 e. The second kappa shape index (κ2) is 8.16. The Morgan fingerprint density at radius 3 is 2.52 bits per heavy atom. The highest BCUT2D eigenvalue weighted by molar-refractivity contribution is 5.85. The number of amides is 1. The maximum absolute atomic E-state index is 12.8. The Morgan fingerprint density at radius 1 is 1.30 bits per heavy atom. The summed E-state index contributed by atoms with van der Waals surface area (Å²) in [6, 6.07) is 10.5. The van der Waals surface area contributed by atoms with Crippen molar-refractivity contribution in [1.82, 2.24) is 4.90 Å². The van der Waals surface area contributed by atoms with Gasteiger partial charge >= 0.3 is 0 Å². The molecular weight excluding hydrogens is 308 g/mol. The fourth-order valence-electron chi connectivity index (χ4n) is 3.28. The van der Waals surface area contributed by atoms with Gasteiger partial charge in [0, 0.05) is 18.5 Å². The first kappa shape index (κ1) is 20.0. The molecule has 0 spiro atoms. The van der Waals surface area contributed by atoms with Crippen LogP contribution < -0.4 is 5.73 Å². The summed E-state index contributed by atoms with van der Waals surface area (Å²) in [5, 5.41) is 0. The zero-order chi connectivity index (χ0) is 16.2. The van der Waals surface area contributed by atoms with Crippen LogP contribution in [0.4, 0.5) is 0 Å². The number of benzene rings is 1. The third kappa shape index (κ3) is 5.22. The predicted molar refractivity (Wildman–Crippen MR) is 98.8 cm³/mol. The molecule has 4 heteroatoms. The number of nitrogens with zero attached hydrogens (tertiary/aromatic N) is 1. The van der Waals surface area contributed by atoms with Crippen molar-refractivity contribution < 1.29 is 4.79 Å². The van der Waals surface area contributed by atoms with Gasteiger partial charge in [-0.3, -0.25) is 4.79 Å². The van der Waals surface area contributed by atoms with Gasteiger partial charge in [-0.2, -0.15) is 0 Å². The molecule has 1 aromatic carbocycles. The van der Waals surface area contributed by atoms with E-state index in [1.54, 1.807) is 0 Å². The third-order valence-corrected chi connectivity index (χ3v) is 5.03. The lowest BCUT2D eigenvalue weighted by Crippen LogP contribution is -2.41. The third-order valence-electron chi connectivity index (χ3n) is 5.03. The second-order valence-corrected chi connectivity index (χ2v) is 7.71. The van der Waals surface area contributed by atoms with E-state index in [4.69, 9.17) is 5.73 Å². The Kier molecular flexibility index (Phi) is 7.09. The average Bonchev–Trinajstić information content (AvgIpc) is 2.90. The molecule has 1 aromatic rings. The average molecular weight is 339 g/mol. The predicted octanol–water partition coefficient (Wildman–Crippen LogP) is 3.65. The van der Waals surface area contributed by atoms with Crippen molar-refractivity contribution in [3.8, 4) is 0 Å². The van der Waals surface area contributed by atoms with Gasteiger partial charge in [-0.1, -0.05) is 51.1 Å². The first-order chi connectivity index (χ1) is 10.4. The number of nitrogens with two attached hydrogens (primary N) is 1. The van der Waals surface area contributed by atoms with Crippen molar-refractivity contribution in [2.24, 2.45) is 16.6 Å². The topological polar surface area (TPSA) is 46.3 Å². The number of carbonyl (C=O) groups is 1. The van der Waals surface area contributed by atoms with Gasteiger partial charge in [0.2, 0.25) is 5.91 Å². The molecule has 1 aliphatic heterocycles. The van der Waals surface area contributed by atoms with Crippen molar-refractivity contribution in [1.29, 1.82) is 0 Å². The molecule has 1 unspecified atom stereocenters. The first-order valence-electron chi connectivity index (χ1n) is 8.40. The van der Waals surface area contributed by atoms with Gasteiger partial charge in [0.15, 0.2) is 0 Å². The molecule has 1 fully saturated rings. The van der Waals surface area contributed by atoms with Gasteiger partial charge < -0.3 is 10.6 Å². The molecule has 1 saturated heterocycles. The number of halogens is 1. The summed E-state index contributed by atoms with van der Waals surface area (Å²) >= 11 is 0. The van der Waals surface area contributed by atoms with E-state index in [-0.39, 0.29) is 29.1 Å². The fourth-order valence-corrected chi connectivity index (χ4v) is 3.28. The summed E-state index contributed by atoms with van der Waals surface area (Å²) in [5.41, 5.74) is 7.02.